The third-order valence-electron chi connectivity index (χ3n) is 2.14. The summed E-state index contributed by atoms with van der Waals surface area (Å²) in [6.07, 6.45) is 4.00. The largest absolute Gasteiger partial charge is 0.437 e. The van der Waals surface area contributed by atoms with Crippen molar-refractivity contribution < 1.29 is 9.84 Å². The molecule has 4 nitrogen and oxygen atoms in total. The van der Waals surface area contributed by atoms with Crippen LogP contribution in [0.15, 0.2) is 36.8 Å². The molecule has 5 heteroatoms. The molecule has 0 saturated carbocycles. The van der Waals surface area contributed by atoms with Crippen LogP contribution in [0.25, 0.3) is 0 Å². The van der Waals surface area contributed by atoms with E-state index in [1.807, 2.05) is 0 Å². The number of hydrogen-bond donors (Lipinski definition) is 1. The topological polar surface area (TPSA) is 55.2 Å². The zero-order chi connectivity index (χ0) is 12.3. The number of pyridine rings is 2. The Hall–Kier alpha value is -1.65. The normalized spacial score (nSPS) is 12.2. The first-order chi connectivity index (χ1) is 8.16. The second-order valence-corrected chi connectivity index (χ2v) is 3.95. The fourth-order valence-corrected chi connectivity index (χ4v) is 1.53. The molecule has 0 spiro atoms. The molecular formula is C12H11ClN2O2. The van der Waals surface area contributed by atoms with E-state index in [0.717, 1.165) is 0 Å². The van der Waals surface area contributed by atoms with Crippen molar-refractivity contribution in [2.45, 2.75) is 13.0 Å². The summed E-state index contributed by atoms with van der Waals surface area (Å²) in [4.78, 5) is 7.98. The van der Waals surface area contributed by atoms with Crippen LogP contribution in [0.5, 0.6) is 11.6 Å². The van der Waals surface area contributed by atoms with Crippen molar-refractivity contribution in [1.29, 1.82) is 0 Å². The summed E-state index contributed by atoms with van der Waals surface area (Å²) < 4.78 is 5.53. The minimum Gasteiger partial charge on any atom is -0.437 e. The Morgan fingerprint density at radius 2 is 2.24 bits per heavy atom. The standard InChI is InChI=1S/C12H11ClN2O2/c1-8(16)11-3-2-4-15-12(11)17-10-5-9(13)6-14-7-10/h2-8,16H,1H3. The molecule has 17 heavy (non-hydrogen) atoms. The molecule has 0 saturated heterocycles. The molecule has 2 heterocycles. The third-order valence-corrected chi connectivity index (χ3v) is 2.35. The lowest BCUT2D eigenvalue weighted by molar-refractivity contribution is 0.194. The van der Waals surface area contributed by atoms with Crippen LogP contribution in [0.3, 0.4) is 0 Å². The van der Waals surface area contributed by atoms with Gasteiger partial charge in [0.1, 0.15) is 5.75 Å². The lowest BCUT2D eigenvalue weighted by Gasteiger charge is -2.11. The summed E-state index contributed by atoms with van der Waals surface area (Å²) in [6, 6.07) is 5.13. The zero-order valence-electron chi connectivity index (χ0n) is 9.17. The molecule has 1 unspecified atom stereocenters. The molecule has 0 bridgehead atoms. The molecule has 0 aliphatic rings. The summed E-state index contributed by atoms with van der Waals surface area (Å²) in [5, 5.41) is 10.1. The van der Waals surface area contributed by atoms with E-state index in [9.17, 15) is 5.11 Å². The van der Waals surface area contributed by atoms with Crippen molar-refractivity contribution in [1.82, 2.24) is 9.97 Å². The van der Waals surface area contributed by atoms with Gasteiger partial charge in [-0.05, 0) is 19.1 Å². The molecule has 1 atom stereocenters. The molecule has 88 valence electrons. The van der Waals surface area contributed by atoms with Crippen LogP contribution in [0.4, 0.5) is 0 Å². The number of hydrogen-bond acceptors (Lipinski definition) is 4. The van der Waals surface area contributed by atoms with Crippen LogP contribution < -0.4 is 4.74 Å². The van der Waals surface area contributed by atoms with Crippen molar-refractivity contribution in [3.8, 4) is 11.6 Å². The summed E-state index contributed by atoms with van der Waals surface area (Å²) in [7, 11) is 0. The Balaban J connectivity index is 2.30. The molecule has 2 rings (SSSR count). The van der Waals surface area contributed by atoms with Gasteiger partial charge in [0.25, 0.3) is 0 Å². The van der Waals surface area contributed by atoms with E-state index in [1.165, 1.54) is 12.4 Å². The van der Waals surface area contributed by atoms with Gasteiger partial charge in [-0.15, -0.1) is 0 Å². The first kappa shape index (κ1) is 11.8. The summed E-state index contributed by atoms with van der Waals surface area (Å²) >= 11 is 5.80. The number of aliphatic hydroxyl groups is 1. The fourth-order valence-electron chi connectivity index (χ4n) is 1.37. The van der Waals surface area contributed by atoms with Gasteiger partial charge in [0.15, 0.2) is 0 Å². The Labute approximate surface area is 104 Å². The zero-order valence-corrected chi connectivity index (χ0v) is 9.93. The minimum atomic E-state index is -0.647. The number of rotatable bonds is 3. The molecule has 0 aliphatic carbocycles. The lowest BCUT2D eigenvalue weighted by Crippen LogP contribution is -1.98. The molecule has 2 aromatic rings. The van der Waals surface area contributed by atoms with Gasteiger partial charge >= 0.3 is 0 Å². The van der Waals surface area contributed by atoms with Gasteiger partial charge in [-0.3, -0.25) is 4.98 Å². The molecule has 0 radical (unpaired) electrons. The van der Waals surface area contributed by atoms with Gasteiger partial charge in [0.05, 0.1) is 17.3 Å². The number of aliphatic hydroxyl groups excluding tert-OH is 1. The monoisotopic (exact) mass is 250 g/mol. The highest BCUT2D eigenvalue weighted by Gasteiger charge is 2.10. The lowest BCUT2D eigenvalue weighted by atomic mass is 10.2. The van der Waals surface area contributed by atoms with E-state index in [2.05, 4.69) is 9.97 Å². The number of halogens is 1. The summed E-state index contributed by atoms with van der Waals surface area (Å²) in [5.41, 5.74) is 0.618. The Morgan fingerprint density at radius 1 is 1.41 bits per heavy atom. The van der Waals surface area contributed by atoms with Crippen molar-refractivity contribution >= 4 is 11.6 Å². The highest BCUT2D eigenvalue weighted by Crippen LogP contribution is 2.27. The molecule has 0 amide bonds. The number of aromatic nitrogens is 2. The van der Waals surface area contributed by atoms with Gasteiger partial charge in [-0.1, -0.05) is 11.6 Å². The third kappa shape index (κ3) is 2.93. The van der Waals surface area contributed by atoms with Gasteiger partial charge < -0.3 is 9.84 Å². The maximum absolute atomic E-state index is 9.58. The van der Waals surface area contributed by atoms with E-state index >= 15 is 0 Å². The van der Waals surface area contributed by atoms with Crippen molar-refractivity contribution in [3.63, 3.8) is 0 Å². The second-order valence-electron chi connectivity index (χ2n) is 3.51. The minimum absolute atomic E-state index is 0.353. The second kappa shape index (κ2) is 5.12. The molecular weight excluding hydrogens is 240 g/mol. The van der Waals surface area contributed by atoms with E-state index in [4.69, 9.17) is 16.3 Å². The van der Waals surface area contributed by atoms with Gasteiger partial charge in [0.2, 0.25) is 5.88 Å². The van der Waals surface area contributed by atoms with E-state index in [-0.39, 0.29) is 0 Å². The molecule has 1 N–H and O–H groups in total. The maximum Gasteiger partial charge on any atom is 0.225 e. The highest BCUT2D eigenvalue weighted by atomic mass is 35.5. The smallest absolute Gasteiger partial charge is 0.225 e. The molecule has 0 aliphatic heterocycles. The van der Waals surface area contributed by atoms with Crippen molar-refractivity contribution in [2.75, 3.05) is 0 Å². The number of ether oxygens (including phenoxy) is 1. The molecule has 0 aromatic carbocycles. The Kier molecular flexibility index (Phi) is 3.56. The van der Waals surface area contributed by atoms with Crippen molar-refractivity contribution in [2.24, 2.45) is 0 Å². The summed E-state index contributed by atoms with van der Waals surface area (Å²) in [5.74, 6) is 0.838. The fraction of sp³-hybridized carbons (Fsp3) is 0.167. The maximum atomic E-state index is 9.58. The predicted molar refractivity (Wildman–Crippen MR) is 64.2 cm³/mol. The van der Waals surface area contributed by atoms with Gasteiger partial charge in [-0.25, -0.2) is 4.98 Å². The highest BCUT2D eigenvalue weighted by molar-refractivity contribution is 6.30. The number of nitrogens with zero attached hydrogens (tertiary/aromatic N) is 2. The van der Waals surface area contributed by atoms with E-state index < -0.39 is 6.10 Å². The average Bonchev–Trinajstić information content (AvgIpc) is 2.29. The SMILES string of the molecule is CC(O)c1cccnc1Oc1cncc(Cl)c1. The van der Waals surface area contributed by atoms with Gasteiger partial charge in [-0.2, -0.15) is 0 Å². The average molecular weight is 251 g/mol. The van der Waals surface area contributed by atoms with Crippen LogP contribution >= 0.6 is 11.6 Å². The van der Waals surface area contributed by atoms with Crippen LogP contribution in [0.1, 0.15) is 18.6 Å². The molecule has 2 aromatic heterocycles. The predicted octanol–water partition coefficient (Wildman–Crippen LogP) is 2.98. The van der Waals surface area contributed by atoms with E-state index in [1.54, 1.807) is 31.3 Å². The van der Waals surface area contributed by atoms with Gasteiger partial charge in [0, 0.05) is 24.0 Å². The first-order valence-electron chi connectivity index (χ1n) is 5.08. The quantitative estimate of drug-likeness (QED) is 0.910. The van der Waals surface area contributed by atoms with E-state index in [0.29, 0.717) is 22.2 Å². The Bertz CT molecular complexity index is 517. The van der Waals surface area contributed by atoms with Crippen LogP contribution in [0, 0.1) is 0 Å². The van der Waals surface area contributed by atoms with Crippen LogP contribution in [0.2, 0.25) is 5.02 Å². The molecule has 0 fully saturated rings. The first-order valence-corrected chi connectivity index (χ1v) is 5.46. The van der Waals surface area contributed by atoms with Crippen LogP contribution in [-0.4, -0.2) is 15.1 Å². The summed E-state index contributed by atoms with van der Waals surface area (Å²) in [6.45, 7) is 1.65. The Morgan fingerprint density at radius 3 is 2.94 bits per heavy atom. The van der Waals surface area contributed by atoms with Crippen molar-refractivity contribution in [3.05, 3.63) is 47.4 Å². The van der Waals surface area contributed by atoms with Crippen LogP contribution in [-0.2, 0) is 0 Å².